The molecular weight excluding hydrogens is 140 g/mol. The molecule has 0 aromatic carbocycles. The van der Waals surface area contributed by atoms with Gasteiger partial charge < -0.3 is 4.79 Å². The van der Waals surface area contributed by atoms with Gasteiger partial charge in [-0.25, -0.2) is 5.73 Å². The van der Waals surface area contributed by atoms with Gasteiger partial charge in [0.2, 0.25) is 0 Å². The standard InChI is InChI=1S/C8H9N2O/c9-7(6-11)5-8-3-1-2-4-10-8/h1-4,6-7,9H,5H2. The molecule has 0 aliphatic heterocycles. The van der Waals surface area contributed by atoms with Gasteiger partial charge in [-0.1, -0.05) is 6.07 Å². The molecule has 0 bridgehead atoms. The molecule has 57 valence electrons. The van der Waals surface area contributed by atoms with Crippen molar-refractivity contribution >= 4 is 6.29 Å². The Morgan fingerprint density at radius 1 is 1.64 bits per heavy atom. The third-order valence-electron chi connectivity index (χ3n) is 1.32. The first-order valence-electron chi connectivity index (χ1n) is 3.39. The fourth-order valence-corrected chi connectivity index (χ4v) is 0.792. The van der Waals surface area contributed by atoms with Gasteiger partial charge in [-0.3, -0.25) is 4.98 Å². The largest absolute Gasteiger partial charge is 0.302 e. The van der Waals surface area contributed by atoms with Crippen molar-refractivity contribution in [1.82, 2.24) is 10.7 Å². The van der Waals surface area contributed by atoms with Crippen molar-refractivity contribution < 1.29 is 4.79 Å². The van der Waals surface area contributed by atoms with Crippen molar-refractivity contribution in [3.63, 3.8) is 0 Å². The molecule has 1 radical (unpaired) electrons. The van der Waals surface area contributed by atoms with Gasteiger partial charge in [0, 0.05) is 18.3 Å². The van der Waals surface area contributed by atoms with Crippen LogP contribution in [0.2, 0.25) is 0 Å². The number of rotatable bonds is 3. The Bertz CT molecular complexity index is 223. The molecule has 0 amide bonds. The highest BCUT2D eigenvalue weighted by Crippen LogP contribution is 1.96. The number of carbonyl (C=O) groups excluding carboxylic acids is 1. The number of pyridine rings is 1. The molecule has 1 aromatic heterocycles. The lowest BCUT2D eigenvalue weighted by molar-refractivity contribution is -0.109. The fraction of sp³-hybridized carbons (Fsp3) is 0.250. The maximum atomic E-state index is 10.1. The number of nitrogens with one attached hydrogen (secondary N) is 1. The van der Waals surface area contributed by atoms with Crippen LogP contribution in [0.15, 0.2) is 24.4 Å². The monoisotopic (exact) mass is 149 g/mol. The predicted octanol–water partition coefficient (Wildman–Crippen LogP) is 0.474. The summed E-state index contributed by atoms with van der Waals surface area (Å²) in [6.07, 6.45) is 2.69. The maximum absolute atomic E-state index is 10.1. The quantitative estimate of drug-likeness (QED) is 0.587. The second-order valence-corrected chi connectivity index (χ2v) is 2.27. The van der Waals surface area contributed by atoms with E-state index in [1.54, 1.807) is 6.20 Å². The molecule has 0 aliphatic rings. The van der Waals surface area contributed by atoms with Gasteiger partial charge in [0.25, 0.3) is 0 Å². The Balaban J connectivity index is 2.57. The van der Waals surface area contributed by atoms with Gasteiger partial charge in [0.1, 0.15) is 6.29 Å². The number of nitrogens with zero attached hydrogens (tertiary/aromatic N) is 1. The van der Waals surface area contributed by atoms with Crippen molar-refractivity contribution in [2.24, 2.45) is 0 Å². The summed E-state index contributed by atoms with van der Waals surface area (Å²) in [6.45, 7) is 0. The normalized spacial score (nSPS) is 12.5. The minimum Gasteiger partial charge on any atom is -0.302 e. The Morgan fingerprint density at radius 2 is 2.45 bits per heavy atom. The number of hydrogen-bond acceptors (Lipinski definition) is 2. The van der Waals surface area contributed by atoms with E-state index in [1.807, 2.05) is 18.2 Å². The summed E-state index contributed by atoms with van der Waals surface area (Å²) in [4.78, 5) is 14.1. The van der Waals surface area contributed by atoms with Crippen LogP contribution in [0, 0.1) is 0 Å². The van der Waals surface area contributed by atoms with Crippen LogP contribution < -0.4 is 5.73 Å². The number of aromatic nitrogens is 1. The predicted molar refractivity (Wildman–Crippen MR) is 40.9 cm³/mol. The van der Waals surface area contributed by atoms with Gasteiger partial charge in [-0.2, -0.15) is 0 Å². The number of carbonyl (C=O) groups is 1. The first-order chi connectivity index (χ1) is 5.33. The van der Waals surface area contributed by atoms with Gasteiger partial charge >= 0.3 is 0 Å². The molecule has 3 nitrogen and oxygen atoms in total. The van der Waals surface area contributed by atoms with E-state index in [1.165, 1.54) is 0 Å². The average Bonchev–Trinajstić information content (AvgIpc) is 2.06. The molecule has 1 atom stereocenters. The zero-order chi connectivity index (χ0) is 8.10. The van der Waals surface area contributed by atoms with Crippen molar-refractivity contribution in [2.45, 2.75) is 12.5 Å². The third kappa shape index (κ3) is 2.47. The van der Waals surface area contributed by atoms with Crippen LogP contribution in [-0.4, -0.2) is 17.3 Å². The second kappa shape index (κ2) is 3.83. The molecule has 0 aliphatic carbocycles. The summed E-state index contributed by atoms with van der Waals surface area (Å²) in [7, 11) is 0. The lowest BCUT2D eigenvalue weighted by atomic mass is 10.2. The Hall–Kier alpha value is -1.22. The van der Waals surface area contributed by atoms with Crippen molar-refractivity contribution in [3.8, 4) is 0 Å². The van der Waals surface area contributed by atoms with Crippen LogP contribution in [0.3, 0.4) is 0 Å². The molecule has 0 saturated heterocycles. The van der Waals surface area contributed by atoms with E-state index in [0.29, 0.717) is 12.7 Å². The average molecular weight is 149 g/mol. The minimum absolute atomic E-state index is 0.407. The first kappa shape index (κ1) is 7.88. The van der Waals surface area contributed by atoms with E-state index in [9.17, 15) is 4.79 Å². The lowest BCUT2D eigenvalue weighted by Gasteiger charge is -1.99. The first-order valence-corrected chi connectivity index (χ1v) is 3.39. The molecule has 1 N–H and O–H groups in total. The van der Waals surface area contributed by atoms with Crippen LogP contribution in [0.1, 0.15) is 5.69 Å². The fourth-order valence-electron chi connectivity index (χ4n) is 0.792. The number of aldehydes is 1. The second-order valence-electron chi connectivity index (χ2n) is 2.27. The van der Waals surface area contributed by atoms with Gasteiger partial charge in [-0.05, 0) is 12.1 Å². The van der Waals surface area contributed by atoms with E-state index in [0.717, 1.165) is 5.69 Å². The van der Waals surface area contributed by atoms with Crippen molar-refractivity contribution in [2.75, 3.05) is 0 Å². The van der Waals surface area contributed by atoms with Crippen molar-refractivity contribution in [3.05, 3.63) is 30.1 Å². The Morgan fingerprint density at radius 3 is 3.00 bits per heavy atom. The topological polar surface area (TPSA) is 53.8 Å². The van der Waals surface area contributed by atoms with E-state index in [2.05, 4.69) is 4.98 Å². The maximum Gasteiger partial charge on any atom is 0.138 e. The SMILES string of the molecule is [NH]C(C=O)Cc1ccccn1. The third-order valence-corrected chi connectivity index (χ3v) is 1.32. The molecule has 0 fully saturated rings. The van der Waals surface area contributed by atoms with Gasteiger partial charge in [-0.15, -0.1) is 0 Å². The summed E-state index contributed by atoms with van der Waals surface area (Å²) in [5.41, 5.74) is 7.94. The number of hydrogen-bond donors (Lipinski definition) is 0. The zero-order valence-corrected chi connectivity index (χ0v) is 6.03. The highest BCUT2D eigenvalue weighted by atomic mass is 16.1. The van der Waals surface area contributed by atoms with Crippen LogP contribution in [0.25, 0.3) is 0 Å². The molecule has 1 rings (SSSR count). The molecule has 1 unspecified atom stereocenters. The Labute approximate surface area is 65.2 Å². The highest BCUT2D eigenvalue weighted by Gasteiger charge is 2.01. The smallest absolute Gasteiger partial charge is 0.138 e. The van der Waals surface area contributed by atoms with Gasteiger partial charge in [0.15, 0.2) is 0 Å². The molecular formula is C8H9N2O. The summed E-state index contributed by atoms with van der Waals surface area (Å²) >= 11 is 0. The van der Waals surface area contributed by atoms with Crippen LogP contribution in [-0.2, 0) is 11.2 Å². The molecule has 3 heteroatoms. The zero-order valence-electron chi connectivity index (χ0n) is 6.03. The molecule has 11 heavy (non-hydrogen) atoms. The van der Waals surface area contributed by atoms with Crippen LogP contribution >= 0.6 is 0 Å². The summed E-state index contributed by atoms with van der Waals surface area (Å²) in [5, 5.41) is 0. The summed E-state index contributed by atoms with van der Waals surface area (Å²) in [6, 6.07) is 4.79. The van der Waals surface area contributed by atoms with E-state index >= 15 is 0 Å². The molecule has 0 saturated carbocycles. The Kier molecular flexibility index (Phi) is 2.74. The van der Waals surface area contributed by atoms with Crippen LogP contribution in [0.4, 0.5) is 0 Å². The minimum atomic E-state index is -0.676. The van der Waals surface area contributed by atoms with Crippen molar-refractivity contribution in [1.29, 1.82) is 0 Å². The lowest BCUT2D eigenvalue weighted by Crippen LogP contribution is -2.14. The molecule has 0 spiro atoms. The molecule has 1 heterocycles. The van der Waals surface area contributed by atoms with E-state index < -0.39 is 6.04 Å². The summed E-state index contributed by atoms with van der Waals surface area (Å²) in [5.74, 6) is 0. The van der Waals surface area contributed by atoms with E-state index in [-0.39, 0.29) is 0 Å². The molecule has 1 aromatic rings. The van der Waals surface area contributed by atoms with E-state index in [4.69, 9.17) is 5.73 Å². The highest BCUT2D eigenvalue weighted by molar-refractivity contribution is 5.57. The van der Waals surface area contributed by atoms with Gasteiger partial charge in [0.05, 0.1) is 6.04 Å². The van der Waals surface area contributed by atoms with Crippen LogP contribution in [0.5, 0.6) is 0 Å². The summed E-state index contributed by atoms with van der Waals surface area (Å²) < 4.78 is 0.